The van der Waals surface area contributed by atoms with Crippen molar-refractivity contribution in [3.05, 3.63) is 0 Å². The van der Waals surface area contributed by atoms with Gasteiger partial charge in [0.25, 0.3) is 0 Å². The van der Waals surface area contributed by atoms with Crippen LogP contribution < -0.4 is 5.73 Å². The largest absolute Gasteiger partial charge is 0.376 e. The van der Waals surface area contributed by atoms with Crippen LogP contribution in [0.5, 0.6) is 0 Å². The Kier molecular flexibility index (Phi) is 6.30. The summed E-state index contributed by atoms with van der Waals surface area (Å²) in [5.41, 5.74) is 6.17. The molecule has 0 aromatic carbocycles. The molecule has 0 bridgehead atoms. The molecule has 1 amide bonds. The predicted octanol–water partition coefficient (Wildman–Crippen LogP) is 2.31. The number of amides is 1. The Hall–Kier alpha value is -0.610. The van der Waals surface area contributed by atoms with Gasteiger partial charge in [-0.3, -0.25) is 4.79 Å². The molecule has 4 nitrogen and oxygen atoms in total. The zero-order valence-electron chi connectivity index (χ0n) is 12.9. The summed E-state index contributed by atoms with van der Waals surface area (Å²) >= 11 is 0. The molecular formula is C16H30N2O2. The van der Waals surface area contributed by atoms with Gasteiger partial charge in [-0.2, -0.15) is 0 Å². The van der Waals surface area contributed by atoms with E-state index in [0.717, 1.165) is 32.4 Å². The number of carbonyl (C=O) groups is 1. The molecule has 1 aliphatic heterocycles. The molecular weight excluding hydrogens is 252 g/mol. The lowest BCUT2D eigenvalue weighted by atomic mass is 9.85. The van der Waals surface area contributed by atoms with Crippen LogP contribution in [0.1, 0.15) is 58.3 Å². The van der Waals surface area contributed by atoms with Crippen LogP contribution in [0, 0.1) is 5.92 Å². The van der Waals surface area contributed by atoms with Gasteiger partial charge in [0.1, 0.15) is 0 Å². The first-order valence-corrected chi connectivity index (χ1v) is 8.36. The van der Waals surface area contributed by atoms with Gasteiger partial charge < -0.3 is 15.4 Å². The molecule has 1 saturated heterocycles. The lowest BCUT2D eigenvalue weighted by Crippen LogP contribution is -2.47. The number of nitrogens with zero attached hydrogens (tertiary/aromatic N) is 1. The van der Waals surface area contributed by atoms with E-state index in [1.807, 2.05) is 11.8 Å². The molecule has 2 atom stereocenters. The predicted molar refractivity (Wildman–Crippen MR) is 80.4 cm³/mol. The number of ether oxygens (including phenoxy) is 1. The fourth-order valence-electron chi connectivity index (χ4n) is 3.53. The third-order valence-corrected chi connectivity index (χ3v) is 4.77. The van der Waals surface area contributed by atoms with Crippen molar-refractivity contribution in [1.29, 1.82) is 0 Å². The summed E-state index contributed by atoms with van der Waals surface area (Å²) in [7, 11) is 0. The molecule has 2 rings (SSSR count). The van der Waals surface area contributed by atoms with Crippen LogP contribution in [0.2, 0.25) is 0 Å². The Balaban J connectivity index is 1.79. The Bertz CT molecular complexity index is 297. The van der Waals surface area contributed by atoms with Crippen molar-refractivity contribution >= 4 is 5.91 Å². The maximum atomic E-state index is 12.5. The van der Waals surface area contributed by atoms with E-state index in [4.69, 9.17) is 10.5 Å². The van der Waals surface area contributed by atoms with E-state index in [0.29, 0.717) is 12.5 Å². The molecule has 4 heteroatoms. The maximum Gasteiger partial charge on any atom is 0.239 e. The van der Waals surface area contributed by atoms with Crippen molar-refractivity contribution < 1.29 is 9.53 Å². The quantitative estimate of drug-likeness (QED) is 0.813. The highest BCUT2D eigenvalue weighted by Gasteiger charge is 2.27. The fourth-order valence-corrected chi connectivity index (χ4v) is 3.53. The van der Waals surface area contributed by atoms with Crippen LogP contribution in [0.4, 0.5) is 0 Å². The second-order valence-electron chi connectivity index (χ2n) is 6.36. The van der Waals surface area contributed by atoms with E-state index >= 15 is 0 Å². The molecule has 2 N–H and O–H groups in total. The lowest BCUT2D eigenvalue weighted by molar-refractivity contribution is -0.134. The Morgan fingerprint density at radius 3 is 2.60 bits per heavy atom. The number of hydrogen-bond acceptors (Lipinski definition) is 3. The average molecular weight is 282 g/mol. The molecule has 116 valence electrons. The molecule has 0 aromatic rings. The molecule has 0 radical (unpaired) electrons. The van der Waals surface area contributed by atoms with Gasteiger partial charge in [0.15, 0.2) is 0 Å². The summed E-state index contributed by atoms with van der Waals surface area (Å²) in [4.78, 5) is 14.4. The van der Waals surface area contributed by atoms with Crippen LogP contribution >= 0.6 is 0 Å². The van der Waals surface area contributed by atoms with Crippen LogP contribution in [0.25, 0.3) is 0 Å². The molecule has 2 unspecified atom stereocenters. The summed E-state index contributed by atoms with van der Waals surface area (Å²) in [5, 5.41) is 0. The van der Waals surface area contributed by atoms with E-state index < -0.39 is 0 Å². The molecule has 0 spiro atoms. The van der Waals surface area contributed by atoms with Gasteiger partial charge in [-0.1, -0.05) is 32.1 Å². The number of nitrogens with two attached hydrogens (primary N) is 1. The molecule has 20 heavy (non-hydrogen) atoms. The van der Waals surface area contributed by atoms with Crippen molar-refractivity contribution in [2.75, 3.05) is 19.7 Å². The normalized spacial score (nSPS) is 25.6. The van der Waals surface area contributed by atoms with Crippen molar-refractivity contribution in [1.82, 2.24) is 4.90 Å². The Morgan fingerprint density at radius 2 is 2.00 bits per heavy atom. The fraction of sp³-hybridized carbons (Fsp3) is 0.938. The highest BCUT2D eigenvalue weighted by molar-refractivity contribution is 5.81. The van der Waals surface area contributed by atoms with Crippen LogP contribution in [-0.4, -0.2) is 42.6 Å². The molecule has 2 fully saturated rings. The minimum atomic E-state index is -0.320. The topological polar surface area (TPSA) is 55.6 Å². The molecule has 1 aliphatic carbocycles. The van der Waals surface area contributed by atoms with E-state index in [2.05, 4.69) is 0 Å². The standard InChI is InChI=1S/C16H30N2O2/c1-2-18(12-14-9-6-10-20-14)16(19)15(17)11-13-7-4-3-5-8-13/h13-15H,2-12,17H2,1H3. The zero-order valence-corrected chi connectivity index (χ0v) is 12.9. The second-order valence-corrected chi connectivity index (χ2v) is 6.36. The van der Waals surface area contributed by atoms with Crippen LogP contribution in [-0.2, 0) is 9.53 Å². The summed E-state index contributed by atoms with van der Waals surface area (Å²) < 4.78 is 5.63. The number of rotatable bonds is 6. The highest BCUT2D eigenvalue weighted by atomic mass is 16.5. The maximum absolute atomic E-state index is 12.5. The number of carbonyl (C=O) groups excluding carboxylic acids is 1. The van der Waals surface area contributed by atoms with Crippen molar-refractivity contribution in [2.45, 2.75) is 70.4 Å². The molecule has 1 saturated carbocycles. The highest BCUT2D eigenvalue weighted by Crippen LogP contribution is 2.27. The molecule has 2 aliphatic rings. The van der Waals surface area contributed by atoms with E-state index in [1.54, 1.807) is 0 Å². The van der Waals surface area contributed by atoms with Crippen molar-refractivity contribution in [3.8, 4) is 0 Å². The minimum absolute atomic E-state index is 0.119. The van der Waals surface area contributed by atoms with E-state index in [1.165, 1.54) is 32.1 Å². The number of hydrogen-bond donors (Lipinski definition) is 1. The SMILES string of the molecule is CCN(CC1CCCO1)C(=O)C(N)CC1CCCCC1. The van der Waals surface area contributed by atoms with E-state index in [-0.39, 0.29) is 18.1 Å². The lowest BCUT2D eigenvalue weighted by Gasteiger charge is -2.29. The van der Waals surface area contributed by atoms with Crippen LogP contribution in [0.15, 0.2) is 0 Å². The van der Waals surface area contributed by atoms with Gasteiger partial charge in [0, 0.05) is 19.7 Å². The van der Waals surface area contributed by atoms with Gasteiger partial charge in [-0.25, -0.2) is 0 Å². The van der Waals surface area contributed by atoms with Gasteiger partial charge in [0.2, 0.25) is 5.91 Å². The Morgan fingerprint density at radius 1 is 1.25 bits per heavy atom. The first kappa shape index (κ1) is 15.8. The molecule has 1 heterocycles. The third-order valence-electron chi connectivity index (χ3n) is 4.77. The van der Waals surface area contributed by atoms with Gasteiger partial charge >= 0.3 is 0 Å². The van der Waals surface area contributed by atoms with Gasteiger partial charge in [0.05, 0.1) is 12.1 Å². The zero-order chi connectivity index (χ0) is 14.4. The van der Waals surface area contributed by atoms with Crippen molar-refractivity contribution in [2.24, 2.45) is 11.7 Å². The van der Waals surface area contributed by atoms with Crippen LogP contribution in [0.3, 0.4) is 0 Å². The minimum Gasteiger partial charge on any atom is -0.376 e. The summed E-state index contributed by atoms with van der Waals surface area (Å²) in [6.45, 7) is 4.31. The number of likely N-dealkylation sites (N-methyl/N-ethyl adjacent to an activating group) is 1. The first-order chi connectivity index (χ1) is 9.70. The Labute approximate surface area is 123 Å². The van der Waals surface area contributed by atoms with Gasteiger partial charge in [-0.15, -0.1) is 0 Å². The third kappa shape index (κ3) is 4.45. The second kappa shape index (κ2) is 7.99. The summed E-state index contributed by atoms with van der Waals surface area (Å²) in [6, 6.07) is -0.320. The first-order valence-electron chi connectivity index (χ1n) is 8.36. The van der Waals surface area contributed by atoms with Gasteiger partial charge in [-0.05, 0) is 32.1 Å². The summed E-state index contributed by atoms with van der Waals surface area (Å²) in [5.74, 6) is 0.776. The molecule has 0 aromatic heterocycles. The monoisotopic (exact) mass is 282 g/mol. The van der Waals surface area contributed by atoms with Crippen molar-refractivity contribution in [3.63, 3.8) is 0 Å². The van der Waals surface area contributed by atoms with E-state index in [9.17, 15) is 4.79 Å². The summed E-state index contributed by atoms with van der Waals surface area (Å²) in [6.07, 6.45) is 9.73. The average Bonchev–Trinajstić information content (AvgIpc) is 2.98. The smallest absolute Gasteiger partial charge is 0.239 e.